The van der Waals surface area contributed by atoms with Gasteiger partial charge in [-0.25, -0.2) is 4.98 Å². The van der Waals surface area contributed by atoms with Crippen LogP contribution in [-0.4, -0.2) is 39.3 Å². The Morgan fingerprint density at radius 3 is 2.55 bits per heavy atom. The van der Waals surface area contributed by atoms with Crippen molar-refractivity contribution >= 4 is 35.2 Å². The molecule has 0 aliphatic heterocycles. The Morgan fingerprint density at radius 2 is 1.79 bits per heavy atom. The lowest BCUT2D eigenvalue weighted by Gasteiger charge is -2.04. The summed E-state index contributed by atoms with van der Waals surface area (Å²) in [5.41, 5.74) is 1.69. The summed E-state index contributed by atoms with van der Waals surface area (Å²) in [4.78, 5) is 28.3. The van der Waals surface area contributed by atoms with E-state index in [-0.39, 0.29) is 24.1 Å². The van der Waals surface area contributed by atoms with Gasteiger partial charge in [0, 0.05) is 17.1 Å². The predicted molar refractivity (Wildman–Crippen MR) is 113 cm³/mol. The second kappa shape index (κ2) is 10.6. The number of amides is 2. The molecule has 0 aliphatic carbocycles. The molecular weight excluding hydrogens is 410 g/mol. The molecule has 1 aromatic heterocycles. The van der Waals surface area contributed by atoms with E-state index in [1.54, 1.807) is 24.3 Å². The number of carbonyl (C=O) groups is 2. The number of hydrogen-bond acceptors (Lipinski definition) is 5. The first-order chi connectivity index (χ1) is 14.1. The molecule has 0 aliphatic rings. The van der Waals surface area contributed by atoms with Crippen molar-refractivity contribution in [1.82, 2.24) is 25.8 Å². The Labute approximate surface area is 177 Å². The summed E-state index contributed by atoms with van der Waals surface area (Å²) in [7, 11) is 0. The Hall–Kier alpha value is -2.84. The van der Waals surface area contributed by atoms with Crippen LogP contribution in [0.5, 0.6) is 0 Å². The van der Waals surface area contributed by atoms with Crippen LogP contribution < -0.4 is 10.6 Å². The molecule has 0 spiro atoms. The standard InChI is InChI=1S/C20H20ClN5O2S/c21-16-8-6-15(7-9-16)19(28)23-12-17-24-20(26-25-17)29-13-18(27)22-11-10-14-4-2-1-3-5-14/h1-9H,10-13H2,(H,22,27)(H,23,28)(H,24,25,26). The van der Waals surface area contributed by atoms with Crippen molar-refractivity contribution in [2.45, 2.75) is 18.1 Å². The highest BCUT2D eigenvalue weighted by atomic mass is 35.5. The van der Waals surface area contributed by atoms with E-state index >= 15 is 0 Å². The van der Waals surface area contributed by atoms with E-state index in [1.807, 2.05) is 30.3 Å². The molecule has 0 fully saturated rings. The topological polar surface area (TPSA) is 99.8 Å². The predicted octanol–water partition coefficient (Wildman–Crippen LogP) is 2.84. The number of rotatable bonds is 9. The van der Waals surface area contributed by atoms with Crippen molar-refractivity contribution in [2.75, 3.05) is 12.3 Å². The second-order valence-corrected chi connectivity index (χ2v) is 7.51. The number of aromatic amines is 1. The van der Waals surface area contributed by atoms with Gasteiger partial charge in [-0.3, -0.25) is 14.7 Å². The molecule has 0 unspecified atom stereocenters. The largest absolute Gasteiger partial charge is 0.355 e. The molecule has 1 heterocycles. The quantitative estimate of drug-likeness (QED) is 0.454. The van der Waals surface area contributed by atoms with Crippen molar-refractivity contribution in [3.05, 3.63) is 76.6 Å². The first-order valence-electron chi connectivity index (χ1n) is 8.98. The molecule has 0 saturated carbocycles. The number of halogens is 1. The van der Waals surface area contributed by atoms with Crippen molar-refractivity contribution < 1.29 is 9.59 Å². The van der Waals surface area contributed by atoms with Crippen LogP contribution in [0.4, 0.5) is 0 Å². The number of nitrogens with zero attached hydrogens (tertiary/aromatic N) is 2. The van der Waals surface area contributed by atoms with Gasteiger partial charge >= 0.3 is 0 Å². The van der Waals surface area contributed by atoms with Crippen LogP contribution in [-0.2, 0) is 17.8 Å². The lowest BCUT2D eigenvalue weighted by atomic mass is 10.1. The molecule has 0 bridgehead atoms. The van der Waals surface area contributed by atoms with Crippen molar-refractivity contribution in [1.29, 1.82) is 0 Å². The van der Waals surface area contributed by atoms with Gasteiger partial charge in [-0.15, -0.1) is 5.10 Å². The zero-order valence-electron chi connectivity index (χ0n) is 15.5. The average molecular weight is 430 g/mol. The molecule has 0 atom stereocenters. The second-order valence-electron chi connectivity index (χ2n) is 6.13. The SMILES string of the molecule is O=C(CSc1n[nH]c(CNC(=O)c2ccc(Cl)cc2)n1)NCCc1ccccc1. The van der Waals surface area contributed by atoms with E-state index in [4.69, 9.17) is 11.6 Å². The molecule has 0 saturated heterocycles. The van der Waals surface area contributed by atoms with Gasteiger partial charge in [0.25, 0.3) is 5.91 Å². The fourth-order valence-electron chi connectivity index (χ4n) is 2.46. The summed E-state index contributed by atoms with van der Waals surface area (Å²) >= 11 is 7.05. The number of aromatic nitrogens is 3. The normalized spacial score (nSPS) is 10.5. The zero-order chi connectivity index (χ0) is 20.5. The van der Waals surface area contributed by atoms with E-state index in [9.17, 15) is 9.59 Å². The third kappa shape index (κ3) is 6.92. The fraction of sp³-hybridized carbons (Fsp3) is 0.200. The molecule has 150 valence electrons. The fourth-order valence-corrected chi connectivity index (χ4v) is 3.23. The van der Waals surface area contributed by atoms with Crippen LogP contribution in [0.2, 0.25) is 5.02 Å². The number of benzene rings is 2. The minimum Gasteiger partial charge on any atom is -0.355 e. The van der Waals surface area contributed by atoms with Gasteiger partial charge < -0.3 is 10.6 Å². The van der Waals surface area contributed by atoms with Crippen LogP contribution in [0.15, 0.2) is 59.8 Å². The van der Waals surface area contributed by atoms with Gasteiger partial charge in [0.05, 0.1) is 12.3 Å². The minimum absolute atomic E-state index is 0.0756. The highest BCUT2D eigenvalue weighted by Gasteiger charge is 2.10. The molecule has 3 N–H and O–H groups in total. The number of H-pyrrole nitrogens is 1. The van der Waals surface area contributed by atoms with Crippen molar-refractivity contribution in [2.24, 2.45) is 0 Å². The number of carbonyl (C=O) groups excluding carboxylic acids is 2. The Balaban J connectivity index is 1.36. The smallest absolute Gasteiger partial charge is 0.251 e. The maximum Gasteiger partial charge on any atom is 0.251 e. The summed E-state index contributed by atoms with van der Waals surface area (Å²) in [6.07, 6.45) is 0.787. The monoisotopic (exact) mass is 429 g/mol. The van der Waals surface area contributed by atoms with Crippen molar-refractivity contribution in [3.8, 4) is 0 Å². The van der Waals surface area contributed by atoms with Crippen molar-refractivity contribution in [3.63, 3.8) is 0 Å². The molecule has 3 aromatic rings. The van der Waals surface area contributed by atoms with Gasteiger partial charge in [-0.2, -0.15) is 0 Å². The number of thioether (sulfide) groups is 1. The van der Waals surface area contributed by atoms with Gasteiger partial charge in [-0.1, -0.05) is 53.7 Å². The molecular formula is C20H20ClN5O2S. The molecule has 29 heavy (non-hydrogen) atoms. The molecule has 2 aromatic carbocycles. The van der Waals surface area contributed by atoms with Gasteiger partial charge in [0.2, 0.25) is 11.1 Å². The van der Waals surface area contributed by atoms with E-state index < -0.39 is 0 Å². The lowest BCUT2D eigenvalue weighted by molar-refractivity contribution is -0.118. The van der Waals surface area contributed by atoms with Crippen LogP contribution in [0.25, 0.3) is 0 Å². The van der Waals surface area contributed by atoms with E-state index in [0.717, 1.165) is 6.42 Å². The molecule has 0 radical (unpaired) electrons. The summed E-state index contributed by atoms with van der Waals surface area (Å²) in [6.45, 7) is 0.789. The Bertz CT molecular complexity index is 947. The number of hydrogen-bond donors (Lipinski definition) is 3. The van der Waals surface area contributed by atoms with Gasteiger partial charge in [0.1, 0.15) is 5.82 Å². The Morgan fingerprint density at radius 1 is 1.03 bits per heavy atom. The lowest BCUT2D eigenvalue weighted by Crippen LogP contribution is -2.27. The summed E-state index contributed by atoms with van der Waals surface area (Å²) in [5.74, 6) is 0.432. The molecule has 7 nitrogen and oxygen atoms in total. The zero-order valence-corrected chi connectivity index (χ0v) is 17.1. The molecule has 9 heteroatoms. The maximum absolute atomic E-state index is 12.1. The van der Waals surface area contributed by atoms with Gasteiger partial charge in [0.15, 0.2) is 0 Å². The molecule has 3 rings (SSSR count). The maximum atomic E-state index is 12.1. The van der Waals surface area contributed by atoms with Gasteiger partial charge in [-0.05, 0) is 36.2 Å². The third-order valence-corrected chi connectivity index (χ3v) is 5.04. The third-order valence-electron chi connectivity index (χ3n) is 3.95. The van der Waals surface area contributed by atoms with E-state index in [0.29, 0.717) is 28.1 Å². The minimum atomic E-state index is -0.231. The molecule has 2 amide bonds. The summed E-state index contributed by atoms with van der Waals surface area (Å²) < 4.78 is 0. The first-order valence-corrected chi connectivity index (χ1v) is 10.3. The number of nitrogens with one attached hydrogen (secondary N) is 3. The first kappa shape index (κ1) is 20.9. The highest BCUT2D eigenvalue weighted by Crippen LogP contribution is 2.12. The summed E-state index contributed by atoms with van der Waals surface area (Å²) in [6, 6.07) is 16.6. The van der Waals surface area contributed by atoms with E-state index in [1.165, 1.54) is 17.3 Å². The van der Waals surface area contributed by atoms with Crippen LogP contribution >= 0.6 is 23.4 Å². The average Bonchev–Trinajstić information content (AvgIpc) is 3.20. The van der Waals surface area contributed by atoms with Crippen LogP contribution in [0.1, 0.15) is 21.7 Å². The van der Waals surface area contributed by atoms with Crippen LogP contribution in [0.3, 0.4) is 0 Å². The highest BCUT2D eigenvalue weighted by molar-refractivity contribution is 7.99. The van der Waals surface area contributed by atoms with E-state index in [2.05, 4.69) is 25.8 Å². The summed E-state index contributed by atoms with van der Waals surface area (Å²) in [5, 5.41) is 13.5. The van der Waals surface area contributed by atoms with Crippen LogP contribution in [0, 0.1) is 0 Å². The Kier molecular flexibility index (Phi) is 7.66.